The molecule has 3 nitrogen and oxygen atoms in total. The molecule has 3 heteroatoms. The van der Waals surface area contributed by atoms with Crippen molar-refractivity contribution in [1.29, 1.82) is 0 Å². The van der Waals surface area contributed by atoms with E-state index in [9.17, 15) is 9.90 Å². The van der Waals surface area contributed by atoms with Gasteiger partial charge in [0.1, 0.15) is 0 Å². The van der Waals surface area contributed by atoms with Gasteiger partial charge in [-0.3, -0.25) is 0 Å². The number of fused-ring (bicyclic) bond motifs is 3. The van der Waals surface area contributed by atoms with Gasteiger partial charge in [0.05, 0.1) is 11.6 Å². The molecule has 1 N–H and O–H groups in total. The molecule has 0 aliphatic heterocycles. The highest BCUT2D eigenvalue weighted by Gasteiger charge is 2.25. The molecule has 24 heavy (non-hydrogen) atoms. The SMILES string of the molecule is CC(c1ccccc1C(=O)O)n1c2c(c3ccccc31)CCCC2. The summed E-state index contributed by atoms with van der Waals surface area (Å²) in [7, 11) is 0. The summed E-state index contributed by atoms with van der Waals surface area (Å²) in [5.74, 6) is -0.859. The van der Waals surface area contributed by atoms with E-state index in [1.807, 2.05) is 12.1 Å². The summed E-state index contributed by atoms with van der Waals surface area (Å²) >= 11 is 0. The molecular weight excluding hydrogens is 298 g/mol. The van der Waals surface area contributed by atoms with Crippen LogP contribution in [0.1, 0.15) is 53.0 Å². The van der Waals surface area contributed by atoms with Crippen LogP contribution in [0.25, 0.3) is 10.9 Å². The van der Waals surface area contributed by atoms with E-state index in [0.29, 0.717) is 5.56 Å². The van der Waals surface area contributed by atoms with Crippen LogP contribution in [0.2, 0.25) is 0 Å². The third-order valence-electron chi connectivity index (χ3n) is 5.25. The first-order valence-corrected chi connectivity index (χ1v) is 8.61. The quantitative estimate of drug-likeness (QED) is 0.751. The molecule has 1 unspecified atom stereocenters. The minimum Gasteiger partial charge on any atom is -0.478 e. The van der Waals surface area contributed by atoms with Crippen LogP contribution in [0.4, 0.5) is 0 Å². The first-order valence-electron chi connectivity index (χ1n) is 8.61. The van der Waals surface area contributed by atoms with E-state index in [2.05, 4.69) is 35.8 Å². The molecule has 4 rings (SSSR count). The molecule has 2 aromatic carbocycles. The second kappa shape index (κ2) is 5.82. The number of nitrogens with zero attached hydrogens (tertiary/aromatic N) is 1. The Kier molecular flexibility index (Phi) is 3.64. The standard InChI is InChI=1S/C21H21NO2/c1-14(15-8-2-3-11-18(15)21(23)24)22-19-12-6-4-9-16(19)17-10-5-7-13-20(17)22/h2-4,6,8-9,11-12,14H,5,7,10,13H2,1H3,(H,23,24). The van der Waals surface area contributed by atoms with Gasteiger partial charge < -0.3 is 9.67 Å². The smallest absolute Gasteiger partial charge is 0.336 e. The molecule has 0 fully saturated rings. The van der Waals surface area contributed by atoms with Crippen molar-refractivity contribution in [2.45, 2.75) is 38.6 Å². The number of hydrogen-bond acceptors (Lipinski definition) is 1. The van der Waals surface area contributed by atoms with Crippen molar-refractivity contribution >= 4 is 16.9 Å². The van der Waals surface area contributed by atoms with Crippen LogP contribution < -0.4 is 0 Å². The predicted octanol–water partition coefficient (Wildman–Crippen LogP) is 4.83. The van der Waals surface area contributed by atoms with E-state index in [-0.39, 0.29) is 6.04 Å². The first kappa shape index (κ1) is 15.0. The number of benzene rings is 2. The average molecular weight is 319 g/mol. The Hall–Kier alpha value is -2.55. The largest absolute Gasteiger partial charge is 0.478 e. The van der Waals surface area contributed by atoms with E-state index in [1.54, 1.807) is 12.1 Å². The fourth-order valence-corrected chi connectivity index (χ4v) is 4.17. The lowest BCUT2D eigenvalue weighted by Gasteiger charge is -2.23. The highest BCUT2D eigenvalue weighted by atomic mass is 16.4. The molecule has 1 aliphatic rings. The maximum atomic E-state index is 11.6. The average Bonchev–Trinajstić information content (AvgIpc) is 2.95. The molecule has 1 atom stereocenters. The number of rotatable bonds is 3. The van der Waals surface area contributed by atoms with Crippen molar-refractivity contribution in [3.63, 3.8) is 0 Å². The number of carboxylic acid groups (broad SMARTS) is 1. The van der Waals surface area contributed by atoms with E-state index in [1.165, 1.54) is 35.0 Å². The molecule has 0 saturated heterocycles. The zero-order chi connectivity index (χ0) is 16.7. The molecule has 1 heterocycles. The van der Waals surface area contributed by atoms with Crippen LogP contribution in [0, 0.1) is 0 Å². The number of para-hydroxylation sites is 1. The first-order chi connectivity index (χ1) is 11.7. The summed E-state index contributed by atoms with van der Waals surface area (Å²) in [6.07, 6.45) is 4.64. The van der Waals surface area contributed by atoms with Crippen molar-refractivity contribution in [3.05, 3.63) is 70.9 Å². The fourth-order valence-electron chi connectivity index (χ4n) is 4.17. The number of aromatic nitrogens is 1. The number of aryl methyl sites for hydroxylation is 1. The van der Waals surface area contributed by atoms with Crippen LogP contribution in [0.15, 0.2) is 48.5 Å². The fraction of sp³-hybridized carbons (Fsp3) is 0.286. The maximum Gasteiger partial charge on any atom is 0.336 e. The van der Waals surface area contributed by atoms with E-state index < -0.39 is 5.97 Å². The van der Waals surface area contributed by atoms with Gasteiger partial charge in [0.25, 0.3) is 0 Å². The molecule has 0 spiro atoms. The van der Waals surface area contributed by atoms with Gasteiger partial charge in [0.15, 0.2) is 0 Å². The second-order valence-electron chi connectivity index (χ2n) is 6.59. The predicted molar refractivity (Wildman–Crippen MR) is 95.8 cm³/mol. The van der Waals surface area contributed by atoms with Gasteiger partial charge in [-0.05, 0) is 55.9 Å². The van der Waals surface area contributed by atoms with Gasteiger partial charge >= 0.3 is 5.97 Å². The Morgan fingerprint density at radius 2 is 1.75 bits per heavy atom. The van der Waals surface area contributed by atoms with Crippen LogP contribution in [0.3, 0.4) is 0 Å². The molecule has 1 aliphatic carbocycles. The van der Waals surface area contributed by atoms with E-state index in [4.69, 9.17) is 0 Å². The van der Waals surface area contributed by atoms with E-state index in [0.717, 1.165) is 18.4 Å². The number of hydrogen-bond donors (Lipinski definition) is 1. The molecule has 0 saturated carbocycles. The molecule has 0 radical (unpaired) electrons. The lowest BCUT2D eigenvalue weighted by Crippen LogP contribution is -2.16. The van der Waals surface area contributed by atoms with Crippen molar-refractivity contribution < 1.29 is 9.90 Å². The highest BCUT2D eigenvalue weighted by Crippen LogP contribution is 2.36. The Morgan fingerprint density at radius 1 is 1.04 bits per heavy atom. The van der Waals surface area contributed by atoms with Crippen molar-refractivity contribution in [3.8, 4) is 0 Å². The highest BCUT2D eigenvalue weighted by molar-refractivity contribution is 5.90. The summed E-state index contributed by atoms with van der Waals surface area (Å²) in [6.45, 7) is 2.11. The van der Waals surface area contributed by atoms with Crippen molar-refractivity contribution in [2.75, 3.05) is 0 Å². The summed E-state index contributed by atoms with van der Waals surface area (Å²) in [6, 6.07) is 15.9. The van der Waals surface area contributed by atoms with Gasteiger partial charge in [-0.15, -0.1) is 0 Å². The molecule has 0 bridgehead atoms. The molecule has 1 aromatic heterocycles. The molecule has 0 amide bonds. The summed E-state index contributed by atoms with van der Waals surface area (Å²) in [5.41, 5.74) is 5.33. The van der Waals surface area contributed by atoms with Crippen LogP contribution in [-0.4, -0.2) is 15.6 Å². The van der Waals surface area contributed by atoms with Gasteiger partial charge in [-0.1, -0.05) is 36.4 Å². The van der Waals surface area contributed by atoms with Gasteiger partial charge in [0.2, 0.25) is 0 Å². The summed E-state index contributed by atoms with van der Waals surface area (Å²) in [4.78, 5) is 11.6. The monoisotopic (exact) mass is 319 g/mol. The topological polar surface area (TPSA) is 42.2 Å². The maximum absolute atomic E-state index is 11.6. The second-order valence-corrected chi connectivity index (χ2v) is 6.59. The minimum absolute atomic E-state index is 0.00375. The van der Waals surface area contributed by atoms with Crippen LogP contribution in [0.5, 0.6) is 0 Å². The van der Waals surface area contributed by atoms with Crippen molar-refractivity contribution in [2.24, 2.45) is 0 Å². The third kappa shape index (κ3) is 2.23. The number of carbonyl (C=O) groups is 1. The lowest BCUT2D eigenvalue weighted by atomic mass is 9.95. The summed E-state index contributed by atoms with van der Waals surface area (Å²) in [5, 5.41) is 10.9. The van der Waals surface area contributed by atoms with E-state index >= 15 is 0 Å². The zero-order valence-corrected chi connectivity index (χ0v) is 13.8. The lowest BCUT2D eigenvalue weighted by molar-refractivity contribution is 0.0695. The summed E-state index contributed by atoms with van der Waals surface area (Å²) < 4.78 is 2.37. The molecule has 122 valence electrons. The van der Waals surface area contributed by atoms with Crippen molar-refractivity contribution in [1.82, 2.24) is 4.57 Å². The zero-order valence-electron chi connectivity index (χ0n) is 13.8. The Morgan fingerprint density at radius 3 is 2.58 bits per heavy atom. The van der Waals surface area contributed by atoms with Gasteiger partial charge in [0, 0.05) is 16.6 Å². The molecular formula is C21H21NO2. The Bertz CT molecular complexity index is 923. The Labute approximate surface area is 141 Å². The molecule has 3 aromatic rings. The number of aromatic carboxylic acids is 1. The van der Waals surface area contributed by atoms with Crippen LogP contribution >= 0.6 is 0 Å². The van der Waals surface area contributed by atoms with Crippen LogP contribution in [-0.2, 0) is 12.8 Å². The normalized spacial score (nSPS) is 15.2. The number of carboxylic acids is 1. The third-order valence-corrected chi connectivity index (χ3v) is 5.25. The van der Waals surface area contributed by atoms with Gasteiger partial charge in [-0.25, -0.2) is 4.79 Å². The Balaban J connectivity index is 1.96. The van der Waals surface area contributed by atoms with Gasteiger partial charge in [-0.2, -0.15) is 0 Å². The minimum atomic E-state index is -0.859.